The molecule has 1 aromatic carbocycles. The van der Waals surface area contributed by atoms with E-state index in [-0.39, 0.29) is 24.3 Å². The van der Waals surface area contributed by atoms with E-state index in [0.29, 0.717) is 24.6 Å². The summed E-state index contributed by atoms with van der Waals surface area (Å²) >= 11 is 5.85. The molecule has 4 nitrogen and oxygen atoms in total. The molecule has 5 heteroatoms. The lowest BCUT2D eigenvalue weighted by Crippen LogP contribution is -2.40. The van der Waals surface area contributed by atoms with E-state index in [2.05, 4.69) is 0 Å². The quantitative estimate of drug-likeness (QED) is 0.688. The lowest BCUT2D eigenvalue weighted by atomic mass is 10.1. The fraction of sp³-hybridized carbons (Fsp3) is 0.529. The molecule has 1 atom stereocenters. The van der Waals surface area contributed by atoms with Gasteiger partial charge in [-0.2, -0.15) is 0 Å². The predicted octanol–water partition coefficient (Wildman–Crippen LogP) is 3.46. The summed E-state index contributed by atoms with van der Waals surface area (Å²) in [5.74, 6) is -0.254. The first-order valence-electron chi connectivity index (χ1n) is 7.67. The Morgan fingerprint density at radius 3 is 2.41 bits per heavy atom. The summed E-state index contributed by atoms with van der Waals surface area (Å²) in [4.78, 5) is 25.8. The lowest BCUT2D eigenvalue weighted by molar-refractivity contribution is -0.144. The first-order valence-corrected chi connectivity index (χ1v) is 8.05. The average Bonchev–Trinajstić information content (AvgIpc) is 2.49. The maximum atomic E-state index is 12.5. The average molecular weight is 326 g/mol. The van der Waals surface area contributed by atoms with Gasteiger partial charge in [0.2, 0.25) is 5.91 Å². The third-order valence-corrected chi connectivity index (χ3v) is 3.83. The van der Waals surface area contributed by atoms with Gasteiger partial charge in [0.15, 0.2) is 0 Å². The standard InChI is InChI=1S/C17H24ClNO3/c1-4-13(3)19(11-10-17(21)22-5-2)16(20)12-14-6-8-15(18)9-7-14/h6-9,13H,4-5,10-12H2,1-3H3. The van der Waals surface area contributed by atoms with Crippen molar-refractivity contribution in [2.24, 2.45) is 0 Å². The van der Waals surface area contributed by atoms with E-state index in [4.69, 9.17) is 16.3 Å². The topological polar surface area (TPSA) is 46.6 Å². The van der Waals surface area contributed by atoms with Crippen LogP contribution in [0.3, 0.4) is 0 Å². The molecule has 0 heterocycles. The largest absolute Gasteiger partial charge is 0.466 e. The van der Waals surface area contributed by atoms with Crippen molar-refractivity contribution in [2.75, 3.05) is 13.2 Å². The highest BCUT2D eigenvalue weighted by Gasteiger charge is 2.20. The summed E-state index contributed by atoms with van der Waals surface area (Å²) in [5.41, 5.74) is 0.916. The maximum absolute atomic E-state index is 12.5. The van der Waals surface area contributed by atoms with E-state index in [9.17, 15) is 9.59 Å². The molecule has 0 radical (unpaired) electrons. The van der Waals surface area contributed by atoms with Gasteiger partial charge in [-0.05, 0) is 38.0 Å². The van der Waals surface area contributed by atoms with E-state index >= 15 is 0 Å². The van der Waals surface area contributed by atoms with E-state index < -0.39 is 0 Å². The van der Waals surface area contributed by atoms with Gasteiger partial charge >= 0.3 is 5.97 Å². The Balaban J connectivity index is 2.67. The molecule has 0 aliphatic carbocycles. The van der Waals surface area contributed by atoms with Crippen molar-refractivity contribution < 1.29 is 14.3 Å². The van der Waals surface area contributed by atoms with Crippen molar-refractivity contribution in [3.63, 3.8) is 0 Å². The summed E-state index contributed by atoms with van der Waals surface area (Å²) < 4.78 is 4.93. The Labute approximate surface area is 137 Å². The highest BCUT2D eigenvalue weighted by atomic mass is 35.5. The number of carbonyl (C=O) groups excluding carboxylic acids is 2. The molecule has 0 saturated heterocycles. The number of nitrogens with zero attached hydrogens (tertiary/aromatic N) is 1. The molecule has 0 saturated carbocycles. The zero-order chi connectivity index (χ0) is 16.5. The summed E-state index contributed by atoms with van der Waals surface area (Å²) in [6.45, 7) is 6.54. The summed E-state index contributed by atoms with van der Waals surface area (Å²) in [5, 5.41) is 0.650. The number of hydrogen-bond donors (Lipinski definition) is 0. The number of ether oxygens (including phenoxy) is 1. The van der Waals surface area contributed by atoms with Crippen LogP contribution in [0.5, 0.6) is 0 Å². The number of amides is 1. The van der Waals surface area contributed by atoms with Gasteiger partial charge in [-0.3, -0.25) is 9.59 Å². The second-order valence-electron chi connectivity index (χ2n) is 5.20. The molecule has 0 spiro atoms. The van der Waals surface area contributed by atoms with Crippen molar-refractivity contribution in [3.05, 3.63) is 34.9 Å². The Bertz CT molecular complexity index is 487. The number of halogens is 1. The van der Waals surface area contributed by atoms with Crippen molar-refractivity contribution in [1.29, 1.82) is 0 Å². The highest BCUT2D eigenvalue weighted by molar-refractivity contribution is 6.30. The molecule has 1 unspecified atom stereocenters. The third kappa shape index (κ3) is 6.06. The van der Waals surface area contributed by atoms with Gasteiger partial charge in [0.05, 0.1) is 19.4 Å². The number of esters is 1. The van der Waals surface area contributed by atoms with Gasteiger partial charge in [-0.25, -0.2) is 0 Å². The van der Waals surface area contributed by atoms with E-state index in [1.54, 1.807) is 24.0 Å². The minimum Gasteiger partial charge on any atom is -0.466 e. The molecule has 0 aromatic heterocycles. The summed E-state index contributed by atoms with van der Waals surface area (Å²) in [6, 6.07) is 7.34. The molecule has 0 fully saturated rings. The lowest BCUT2D eigenvalue weighted by Gasteiger charge is -2.28. The molecule has 122 valence electrons. The fourth-order valence-corrected chi connectivity index (χ4v) is 2.26. The van der Waals surface area contributed by atoms with Crippen LogP contribution in [0, 0.1) is 0 Å². The second kappa shape index (κ2) is 9.46. The number of hydrogen-bond acceptors (Lipinski definition) is 3. The predicted molar refractivity (Wildman–Crippen MR) is 87.9 cm³/mol. The molecule has 0 N–H and O–H groups in total. The first-order chi connectivity index (χ1) is 10.5. The van der Waals surface area contributed by atoms with Crippen LogP contribution in [0.2, 0.25) is 5.02 Å². The van der Waals surface area contributed by atoms with Crippen molar-refractivity contribution >= 4 is 23.5 Å². The molecule has 1 amide bonds. The van der Waals surface area contributed by atoms with Crippen molar-refractivity contribution in [2.45, 2.75) is 46.1 Å². The monoisotopic (exact) mass is 325 g/mol. The van der Waals surface area contributed by atoms with E-state index in [0.717, 1.165) is 12.0 Å². The molecule has 0 aliphatic heterocycles. The Kier molecular flexibility index (Phi) is 7.96. The molecule has 1 aromatic rings. The molecular formula is C17H24ClNO3. The number of carbonyl (C=O) groups is 2. The van der Waals surface area contributed by atoms with Gasteiger partial charge < -0.3 is 9.64 Å². The second-order valence-corrected chi connectivity index (χ2v) is 5.64. The minimum absolute atomic E-state index is 0.0148. The molecular weight excluding hydrogens is 302 g/mol. The SMILES string of the molecule is CCOC(=O)CCN(C(=O)Cc1ccc(Cl)cc1)C(C)CC. The zero-order valence-electron chi connectivity index (χ0n) is 13.5. The minimum atomic E-state index is -0.268. The van der Waals surface area contributed by atoms with Gasteiger partial charge in [-0.15, -0.1) is 0 Å². The maximum Gasteiger partial charge on any atom is 0.307 e. The van der Waals surface area contributed by atoms with Gasteiger partial charge in [-0.1, -0.05) is 30.7 Å². The molecule has 0 bridgehead atoms. The summed E-state index contributed by atoms with van der Waals surface area (Å²) in [7, 11) is 0. The van der Waals surface area contributed by atoms with Crippen LogP contribution in [0.15, 0.2) is 24.3 Å². The number of benzene rings is 1. The van der Waals surface area contributed by atoms with E-state index in [1.807, 2.05) is 26.0 Å². The van der Waals surface area contributed by atoms with Crippen LogP contribution in [0.1, 0.15) is 39.2 Å². The fourth-order valence-electron chi connectivity index (χ4n) is 2.13. The van der Waals surface area contributed by atoms with Crippen LogP contribution < -0.4 is 0 Å². The van der Waals surface area contributed by atoms with Crippen LogP contribution in [-0.4, -0.2) is 36.0 Å². The Morgan fingerprint density at radius 2 is 1.86 bits per heavy atom. The van der Waals surface area contributed by atoms with Crippen LogP contribution in [0.4, 0.5) is 0 Å². The van der Waals surface area contributed by atoms with Gasteiger partial charge in [0.25, 0.3) is 0 Å². The number of rotatable bonds is 8. The van der Waals surface area contributed by atoms with Gasteiger partial charge in [0, 0.05) is 17.6 Å². The Hall–Kier alpha value is -1.55. The van der Waals surface area contributed by atoms with Crippen LogP contribution in [0.25, 0.3) is 0 Å². The summed E-state index contributed by atoms with van der Waals surface area (Å²) in [6.07, 6.45) is 1.38. The third-order valence-electron chi connectivity index (χ3n) is 3.57. The van der Waals surface area contributed by atoms with E-state index in [1.165, 1.54) is 0 Å². The van der Waals surface area contributed by atoms with Gasteiger partial charge in [0.1, 0.15) is 0 Å². The normalized spacial score (nSPS) is 11.8. The van der Waals surface area contributed by atoms with Crippen molar-refractivity contribution in [3.8, 4) is 0 Å². The Morgan fingerprint density at radius 1 is 1.23 bits per heavy atom. The van der Waals surface area contributed by atoms with Crippen LogP contribution >= 0.6 is 11.6 Å². The smallest absolute Gasteiger partial charge is 0.307 e. The van der Waals surface area contributed by atoms with Crippen molar-refractivity contribution in [1.82, 2.24) is 4.90 Å². The molecule has 1 rings (SSSR count). The molecule has 0 aliphatic rings. The first kappa shape index (κ1) is 18.5. The zero-order valence-corrected chi connectivity index (χ0v) is 14.2. The highest BCUT2D eigenvalue weighted by Crippen LogP contribution is 2.13. The molecule has 22 heavy (non-hydrogen) atoms. The van der Waals surface area contributed by atoms with Crippen LogP contribution in [-0.2, 0) is 20.7 Å².